The van der Waals surface area contributed by atoms with Gasteiger partial charge >= 0.3 is 0 Å². The summed E-state index contributed by atoms with van der Waals surface area (Å²) < 4.78 is 5.74. The maximum Gasteiger partial charge on any atom is 0.146 e. The van der Waals surface area contributed by atoms with Crippen molar-refractivity contribution >= 4 is 12.2 Å². The molecule has 0 radical (unpaired) electrons. The standard InChI is InChI=1S/C10H9N3OS/c1-14-7-3-2-4-11-8(7)9-10(15)13-6-5-12-9/h2-6H,1H3,(H,13,15). The van der Waals surface area contributed by atoms with Gasteiger partial charge in [-0.1, -0.05) is 12.2 Å². The molecule has 0 aromatic carbocycles. The first-order chi connectivity index (χ1) is 7.33. The van der Waals surface area contributed by atoms with Gasteiger partial charge in [-0.3, -0.25) is 4.98 Å². The van der Waals surface area contributed by atoms with Crippen molar-refractivity contribution in [1.29, 1.82) is 0 Å². The second kappa shape index (κ2) is 4.18. The van der Waals surface area contributed by atoms with E-state index < -0.39 is 0 Å². The van der Waals surface area contributed by atoms with Crippen LogP contribution >= 0.6 is 12.2 Å². The van der Waals surface area contributed by atoms with Crippen LogP contribution in [0.1, 0.15) is 0 Å². The Balaban J connectivity index is 2.64. The Labute approximate surface area is 92.0 Å². The average Bonchev–Trinajstić information content (AvgIpc) is 2.30. The van der Waals surface area contributed by atoms with Gasteiger partial charge in [-0.25, -0.2) is 4.98 Å². The van der Waals surface area contributed by atoms with E-state index in [1.165, 1.54) is 0 Å². The van der Waals surface area contributed by atoms with Gasteiger partial charge in [0.1, 0.15) is 21.8 Å². The topological polar surface area (TPSA) is 50.8 Å². The van der Waals surface area contributed by atoms with Gasteiger partial charge in [0.25, 0.3) is 0 Å². The summed E-state index contributed by atoms with van der Waals surface area (Å²) in [4.78, 5) is 11.3. The first-order valence-electron chi connectivity index (χ1n) is 4.36. The summed E-state index contributed by atoms with van der Waals surface area (Å²) in [5.74, 6) is 0.663. The summed E-state index contributed by atoms with van der Waals surface area (Å²) in [5.41, 5.74) is 1.28. The van der Waals surface area contributed by atoms with Gasteiger partial charge in [-0.2, -0.15) is 0 Å². The van der Waals surface area contributed by atoms with Crippen LogP contribution in [0.2, 0.25) is 0 Å². The Hall–Kier alpha value is -1.75. The third-order valence-corrected chi connectivity index (χ3v) is 2.23. The Kier molecular flexibility index (Phi) is 2.73. The zero-order chi connectivity index (χ0) is 10.7. The van der Waals surface area contributed by atoms with Gasteiger partial charge in [0, 0.05) is 18.6 Å². The van der Waals surface area contributed by atoms with Crippen LogP contribution in [0.4, 0.5) is 0 Å². The van der Waals surface area contributed by atoms with E-state index in [9.17, 15) is 0 Å². The lowest BCUT2D eigenvalue weighted by molar-refractivity contribution is 0.414. The number of H-pyrrole nitrogens is 1. The van der Waals surface area contributed by atoms with E-state index in [1.54, 1.807) is 31.8 Å². The van der Waals surface area contributed by atoms with Crippen LogP contribution in [0.25, 0.3) is 11.4 Å². The molecule has 0 fully saturated rings. The van der Waals surface area contributed by atoms with Crippen molar-refractivity contribution in [3.05, 3.63) is 35.4 Å². The van der Waals surface area contributed by atoms with Crippen molar-refractivity contribution in [3.8, 4) is 17.1 Å². The number of aromatic nitrogens is 3. The second-order valence-corrected chi connectivity index (χ2v) is 3.23. The van der Waals surface area contributed by atoms with E-state index in [-0.39, 0.29) is 0 Å². The largest absolute Gasteiger partial charge is 0.494 e. The van der Waals surface area contributed by atoms with E-state index in [2.05, 4.69) is 15.0 Å². The molecule has 0 aliphatic heterocycles. The third-order valence-electron chi connectivity index (χ3n) is 1.92. The molecule has 5 heteroatoms. The number of hydrogen-bond acceptors (Lipinski definition) is 4. The van der Waals surface area contributed by atoms with Crippen molar-refractivity contribution in [2.24, 2.45) is 0 Å². The number of pyridine rings is 1. The average molecular weight is 219 g/mol. The third kappa shape index (κ3) is 1.87. The SMILES string of the molecule is COc1cccnc1-c1ncc[nH]c1=S. The minimum absolute atomic E-state index is 0.550. The second-order valence-electron chi connectivity index (χ2n) is 2.82. The molecule has 1 N–H and O–H groups in total. The van der Waals surface area contributed by atoms with Gasteiger partial charge in [-0.05, 0) is 12.1 Å². The van der Waals surface area contributed by atoms with Crippen LogP contribution in [-0.2, 0) is 0 Å². The number of ether oxygens (including phenoxy) is 1. The summed E-state index contributed by atoms with van der Waals surface area (Å²) in [6.45, 7) is 0. The molecule has 0 atom stereocenters. The number of nitrogens with one attached hydrogen (secondary N) is 1. The van der Waals surface area contributed by atoms with Crippen molar-refractivity contribution in [2.45, 2.75) is 0 Å². The Morgan fingerprint density at radius 1 is 1.27 bits per heavy atom. The zero-order valence-corrected chi connectivity index (χ0v) is 8.91. The molecular weight excluding hydrogens is 210 g/mol. The minimum Gasteiger partial charge on any atom is -0.494 e. The quantitative estimate of drug-likeness (QED) is 0.787. The molecular formula is C10H9N3OS. The summed E-state index contributed by atoms with van der Waals surface area (Å²) in [6, 6.07) is 3.63. The fourth-order valence-electron chi connectivity index (χ4n) is 1.25. The molecule has 0 saturated heterocycles. The number of rotatable bonds is 2. The summed E-state index contributed by atoms with van der Waals surface area (Å²) in [6.07, 6.45) is 5.00. The van der Waals surface area contributed by atoms with Crippen molar-refractivity contribution < 1.29 is 4.74 Å². The molecule has 2 heterocycles. The lowest BCUT2D eigenvalue weighted by atomic mass is 10.2. The predicted molar refractivity (Wildman–Crippen MR) is 59.2 cm³/mol. The molecule has 0 saturated carbocycles. The van der Waals surface area contributed by atoms with Gasteiger partial charge in [-0.15, -0.1) is 0 Å². The van der Waals surface area contributed by atoms with E-state index in [1.807, 2.05) is 6.07 Å². The number of hydrogen-bond donors (Lipinski definition) is 1. The Morgan fingerprint density at radius 3 is 2.80 bits per heavy atom. The molecule has 0 aliphatic rings. The smallest absolute Gasteiger partial charge is 0.146 e. The summed E-state index contributed by atoms with van der Waals surface area (Å²) >= 11 is 5.13. The first-order valence-corrected chi connectivity index (χ1v) is 4.77. The molecule has 0 spiro atoms. The number of methoxy groups -OCH3 is 1. The van der Waals surface area contributed by atoms with Crippen LogP contribution in [-0.4, -0.2) is 22.1 Å². The van der Waals surface area contributed by atoms with Gasteiger partial charge < -0.3 is 9.72 Å². The molecule has 0 aliphatic carbocycles. The van der Waals surface area contributed by atoms with E-state index in [0.717, 1.165) is 0 Å². The lowest BCUT2D eigenvalue weighted by Gasteiger charge is -2.05. The highest BCUT2D eigenvalue weighted by molar-refractivity contribution is 7.71. The maximum absolute atomic E-state index is 5.19. The molecule has 2 rings (SSSR count). The maximum atomic E-state index is 5.19. The summed E-state index contributed by atoms with van der Waals surface area (Å²) in [7, 11) is 1.59. The predicted octanol–water partition coefficient (Wildman–Crippen LogP) is 2.21. The fourth-order valence-corrected chi connectivity index (χ4v) is 1.47. The first kappa shape index (κ1) is 9.79. The monoisotopic (exact) mass is 219 g/mol. The highest BCUT2D eigenvalue weighted by Crippen LogP contribution is 2.25. The number of nitrogens with zero attached hydrogens (tertiary/aromatic N) is 2. The van der Waals surface area contributed by atoms with Crippen LogP contribution in [0.5, 0.6) is 5.75 Å². The van der Waals surface area contributed by atoms with Crippen LogP contribution < -0.4 is 4.74 Å². The molecule has 76 valence electrons. The van der Waals surface area contributed by atoms with Crippen LogP contribution in [0, 0.1) is 4.64 Å². The minimum atomic E-state index is 0.550. The van der Waals surface area contributed by atoms with Crippen molar-refractivity contribution in [1.82, 2.24) is 15.0 Å². The molecule has 2 aromatic rings. The summed E-state index contributed by atoms with van der Waals surface area (Å²) in [5, 5.41) is 0. The Morgan fingerprint density at radius 2 is 2.07 bits per heavy atom. The van der Waals surface area contributed by atoms with Gasteiger partial charge in [0.15, 0.2) is 0 Å². The fraction of sp³-hybridized carbons (Fsp3) is 0.100. The van der Waals surface area contributed by atoms with Crippen molar-refractivity contribution in [3.63, 3.8) is 0 Å². The van der Waals surface area contributed by atoms with E-state index >= 15 is 0 Å². The molecule has 0 unspecified atom stereocenters. The number of aromatic amines is 1. The normalized spacial score (nSPS) is 9.93. The molecule has 2 aromatic heterocycles. The molecule has 0 amide bonds. The highest BCUT2D eigenvalue weighted by Gasteiger charge is 2.08. The van der Waals surface area contributed by atoms with E-state index in [0.29, 0.717) is 21.8 Å². The van der Waals surface area contributed by atoms with E-state index in [4.69, 9.17) is 17.0 Å². The zero-order valence-electron chi connectivity index (χ0n) is 8.10. The van der Waals surface area contributed by atoms with Crippen LogP contribution in [0.15, 0.2) is 30.7 Å². The highest BCUT2D eigenvalue weighted by atomic mass is 32.1. The molecule has 4 nitrogen and oxygen atoms in total. The van der Waals surface area contributed by atoms with Gasteiger partial charge in [0.2, 0.25) is 0 Å². The van der Waals surface area contributed by atoms with Crippen LogP contribution in [0.3, 0.4) is 0 Å². The lowest BCUT2D eigenvalue weighted by Crippen LogP contribution is -1.94. The van der Waals surface area contributed by atoms with Gasteiger partial charge in [0.05, 0.1) is 7.11 Å². The molecule has 0 bridgehead atoms. The molecule has 15 heavy (non-hydrogen) atoms. The Bertz CT molecular complexity index is 524. The van der Waals surface area contributed by atoms with Crippen molar-refractivity contribution in [2.75, 3.05) is 7.11 Å².